The van der Waals surface area contributed by atoms with E-state index in [9.17, 15) is 0 Å². The van der Waals surface area contributed by atoms with Gasteiger partial charge in [0.25, 0.3) is 0 Å². The second-order valence-electron chi connectivity index (χ2n) is 9.61. The van der Waals surface area contributed by atoms with Gasteiger partial charge in [0, 0.05) is 47.6 Å². The van der Waals surface area contributed by atoms with E-state index in [0.29, 0.717) is 0 Å². The van der Waals surface area contributed by atoms with Crippen molar-refractivity contribution in [3.8, 4) is 45.0 Å². The number of benzene rings is 3. The first-order valence-electron chi connectivity index (χ1n) is 14.3. The van der Waals surface area contributed by atoms with E-state index in [0.717, 1.165) is 50.4 Å². The maximum Gasteiger partial charge on any atom is 2.00 e. The zero-order valence-corrected chi connectivity index (χ0v) is 30.2. The van der Waals surface area contributed by atoms with Crippen LogP contribution in [0.15, 0.2) is 158 Å². The van der Waals surface area contributed by atoms with Crippen LogP contribution in [0.2, 0.25) is 0 Å². The van der Waals surface area contributed by atoms with Gasteiger partial charge >= 0.3 is 42.1 Å². The summed E-state index contributed by atoms with van der Waals surface area (Å²) >= 11 is 1.70. The summed E-state index contributed by atoms with van der Waals surface area (Å²) in [4.78, 5) is 17.3. The average Bonchev–Trinajstić information content (AvgIpc) is 3.63. The molecule has 5 aromatic heterocycles. The van der Waals surface area contributed by atoms with Crippen molar-refractivity contribution in [3.05, 3.63) is 182 Å². The number of nitrogens with zero attached hydrogens (tertiary/aromatic N) is 4. The van der Waals surface area contributed by atoms with Gasteiger partial charge in [-0.2, -0.15) is 4.70 Å². The van der Waals surface area contributed by atoms with Crippen molar-refractivity contribution >= 4 is 21.4 Å². The molecule has 0 aliphatic heterocycles. The minimum Gasteiger partial charge on any atom is -0.295 e. The van der Waals surface area contributed by atoms with Gasteiger partial charge in [-0.1, -0.05) is 70.8 Å². The SMILES string of the molecule is [Pt+2].[Pt+2].[c-]1c(-c2ccccn2)cccc1-c1ccccn1.[c-]1c(-c2ccccn2)cccc1-c1ccccn1.[c-]1cccc2sc[c-]c12. The predicted octanol–water partition coefficient (Wildman–Crippen LogP) is 9.72. The molecule has 8 aromatic rings. The van der Waals surface area contributed by atoms with Gasteiger partial charge in [0.15, 0.2) is 0 Å². The normalized spacial score (nSPS) is 9.79. The predicted molar refractivity (Wildman–Crippen MR) is 183 cm³/mol. The molecule has 0 saturated carbocycles. The number of rotatable bonds is 4. The first-order valence-corrected chi connectivity index (χ1v) is 15.2. The summed E-state index contributed by atoms with van der Waals surface area (Å²) in [7, 11) is 0. The molecule has 8 rings (SSSR count). The number of hydrogen-bond acceptors (Lipinski definition) is 5. The molecule has 0 aliphatic rings. The summed E-state index contributed by atoms with van der Waals surface area (Å²) in [5.41, 5.74) is 7.64. The standard InChI is InChI=1S/2C16H11N2.C8H4S.2Pt/c2*1-3-10-17-15(8-1)13-6-5-7-14(12-13)16-9-2-4-11-18-16;1-2-4-8-7(3-1)5-6-9-8;;/h2*1-11H;1-2,4,6H;;/q2*-1;-2;2*+2. The Morgan fingerprint density at radius 1 is 0.404 bits per heavy atom. The van der Waals surface area contributed by atoms with Crippen LogP contribution in [0.1, 0.15) is 0 Å². The molecule has 0 spiro atoms. The summed E-state index contributed by atoms with van der Waals surface area (Å²) in [6.07, 6.45) is 7.15. The first-order chi connectivity index (χ1) is 22.3. The van der Waals surface area contributed by atoms with Gasteiger partial charge in [0.2, 0.25) is 0 Å². The van der Waals surface area contributed by atoms with Crippen LogP contribution in [0.3, 0.4) is 0 Å². The van der Waals surface area contributed by atoms with E-state index in [1.165, 1.54) is 4.70 Å². The van der Waals surface area contributed by atoms with Gasteiger partial charge < -0.3 is 0 Å². The third-order valence-electron chi connectivity index (χ3n) is 6.56. The summed E-state index contributed by atoms with van der Waals surface area (Å²) < 4.78 is 1.26. The van der Waals surface area contributed by atoms with Crippen molar-refractivity contribution in [2.24, 2.45) is 0 Å². The smallest absolute Gasteiger partial charge is 0.295 e. The van der Waals surface area contributed by atoms with Gasteiger partial charge in [0.1, 0.15) is 0 Å². The van der Waals surface area contributed by atoms with Crippen LogP contribution in [0.4, 0.5) is 0 Å². The molecule has 0 bridgehead atoms. The Labute approximate surface area is 308 Å². The van der Waals surface area contributed by atoms with Crippen molar-refractivity contribution in [3.63, 3.8) is 0 Å². The van der Waals surface area contributed by atoms with E-state index in [1.54, 1.807) is 36.1 Å². The van der Waals surface area contributed by atoms with Gasteiger partial charge in [-0.3, -0.25) is 48.8 Å². The van der Waals surface area contributed by atoms with Crippen LogP contribution in [0.5, 0.6) is 0 Å². The van der Waals surface area contributed by atoms with Crippen molar-refractivity contribution in [2.75, 3.05) is 0 Å². The van der Waals surface area contributed by atoms with Crippen LogP contribution in [-0.4, -0.2) is 19.9 Å². The summed E-state index contributed by atoms with van der Waals surface area (Å²) in [5.74, 6) is 0. The summed E-state index contributed by atoms with van der Waals surface area (Å²) in [6, 6.07) is 54.4. The summed E-state index contributed by atoms with van der Waals surface area (Å²) in [6.45, 7) is 0. The van der Waals surface area contributed by atoms with Gasteiger partial charge in [-0.05, 0) is 24.3 Å². The van der Waals surface area contributed by atoms with E-state index in [2.05, 4.69) is 50.3 Å². The van der Waals surface area contributed by atoms with E-state index in [1.807, 2.05) is 127 Å². The zero-order valence-electron chi connectivity index (χ0n) is 24.8. The van der Waals surface area contributed by atoms with E-state index < -0.39 is 0 Å². The Bertz CT molecular complexity index is 1800. The second-order valence-corrected chi connectivity index (χ2v) is 10.5. The van der Waals surface area contributed by atoms with Gasteiger partial charge in [-0.15, -0.1) is 53.9 Å². The van der Waals surface area contributed by atoms with Crippen LogP contribution in [-0.2, 0) is 42.1 Å². The van der Waals surface area contributed by atoms with Crippen LogP contribution < -0.4 is 0 Å². The fraction of sp³-hybridized carbons (Fsp3) is 0. The largest absolute Gasteiger partial charge is 2.00 e. The Morgan fingerprint density at radius 3 is 1.15 bits per heavy atom. The molecular formula is C40H26N4Pt2S. The van der Waals surface area contributed by atoms with Crippen LogP contribution in [0, 0.1) is 24.3 Å². The molecule has 47 heavy (non-hydrogen) atoms. The van der Waals surface area contributed by atoms with Crippen molar-refractivity contribution in [1.82, 2.24) is 19.9 Å². The molecule has 0 atom stereocenters. The number of pyridine rings is 4. The third-order valence-corrected chi connectivity index (χ3v) is 7.39. The average molecular weight is 985 g/mol. The molecule has 0 fully saturated rings. The molecule has 0 saturated heterocycles. The Morgan fingerprint density at radius 2 is 0.809 bits per heavy atom. The molecule has 4 nitrogen and oxygen atoms in total. The summed E-state index contributed by atoms with van der Waals surface area (Å²) in [5, 5.41) is 3.06. The van der Waals surface area contributed by atoms with Crippen molar-refractivity contribution in [1.29, 1.82) is 0 Å². The maximum atomic E-state index is 4.33. The number of fused-ring (bicyclic) bond motifs is 1. The van der Waals surface area contributed by atoms with Crippen molar-refractivity contribution in [2.45, 2.75) is 0 Å². The fourth-order valence-corrected chi connectivity index (χ4v) is 5.10. The monoisotopic (exact) mass is 984 g/mol. The van der Waals surface area contributed by atoms with E-state index in [4.69, 9.17) is 0 Å². The molecule has 7 heteroatoms. The number of aromatic nitrogens is 4. The third kappa shape index (κ3) is 10.0. The number of thiophene rings is 1. The molecule has 0 N–H and O–H groups in total. The molecule has 232 valence electrons. The van der Waals surface area contributed by atoms with Gasteiger partial charge in [-0.25, -0.2) is 18.2 Å². The van der Waals surface area contributed by atoms with Crippen LogP contribution in [0.25, 0.3) is 55.1 Å². The Hall–Kier alpha value is -4.40. The molecule has 0 radical (unpaired) electrons. The fourth-order valence-electron chi connectivity index (χ4n) is 4.41. The Balaban J connectivity index is 0.000000164. The van der Waals surface area contributed by atoms with Crippen molar-refractivity contribution < 1.29 is 42.1 Å². The molecule has 0 aliphatic carbocycles. The quantitative estimate of drug-likeness (QED) is 0.165. The van der Waals surface area contributed by atoms with Gasteiger partial charge in [0.05, 0.1) is 0 Å². The molecular weight excluding hydrogens is 959 g/mol. The molecule has 0 amide bonds. The molecule has 3 aromatic carbocycles. The molecule has 5 heterocycles. The minimum absolute atomic E-state index is 0. The first kappa shape index (κ1) is 35.5. The maximum absolute atomic E-state index is 4.33. The topological polar surface area (TPSA) is 51.6 Å². The molecule has 0 unspecified atom stereocenters. The second kappa shape index (κ2) is 18.7. The minimum atomic E-state index is 0. The van der Waals surface area contributed by atoms with Crippen LogP contribution >= 0.6 is 11.3 Å². The number of hydrogen-bond donors (Lipinski definition) is 0. The van der Waals surface area contributed by atoms with E-state index in [-0.39, 0.29) is 42.1 Å². The Kier molecular flexibility index (Phi) is 14.1. The van der Waals surface area contributed by atoms with E-state index >= 15 is 0 Å². The zero-order chi connectivity index (χ0) is 30.5.